The maximum atomic E-state index is 13.3. The van der Waals surface area contributed by atoms with Crippen LogP contribution in [-0.4, -0.2) is 17.0 Å². The largest absolute Gasteiger partial charge is 0.478 e. The number of benzene rings is 2. The summed E-state index contributed by atoms with van der Waals surface area (Å²) in [5.74, 6) is -2.55. The molecule has 2 N–H and O–H groups in total. The smallest absolute Gasteiger partial charge is 0.338 e. The number of nitrogens with one attached hydrogen (secondary N) is 1. The quantitative estimate of drug-likeness (QED) is 0.907. The summed E-state index contributed by atoms with van der Waals surface area (Å²) in [7, 11) is 0. The van der Waals surface area contributed by atoms with E-state index in [-0.39, 0.29) is 21.8 Å². The van der Waals surface area contributed by atoms with E-state index in [0.29, 0.717) is 5.56 Å². The Morgan fingerprint density at radius 2 is 1.86 bits per heavy atom. The molecule has 21 heavy (non-hydrogen) atoms. The normalized spacial score (nSPS) is 10.2. The third-order valence-electron chi connectivity index (χ3n) is 2.93. The fraction of sp³-hybridized carbons (Fsp3) is 0.0667. The SMILES string of the molecule is Cc1cccc(NC(=O)c2cccc(F)c2Cl)c1C(=O)O. The van der Waals surface area contributed by atoms with Gasteiger partial charge in [0.25, 0.3) is 5.91 Å². The van der Waals surface area contributed by atoms with E-state index in [4.69, 9.17) is 11.6 Å². The summed E-state index contributed by atoms with van der Waals surface area (Å²) in [6, 6.07) is 8.54. The zero-order chi connectivity index (χ0) is 15.6. The fourth-order valence-corrected chi connectivity index (χ4v) is 2.14. The van der Waals surface area contributed by atoms with Crippen molar-refractivity contribution >= 4 is 29.2 Å². The highest BCUT2D eigenvalue weighted by Crippen LogP contribution is 2.23. The first kappa shape index (κ1) is 15.0. The lowest BCUT2D eigenvalue weighted by Gasteiger charge is -2.11. The maximum absolute atomic E-state index is 13.3. The molecular formula is C15H11ClFNO3. The van der Waals surface area contributed by atoms with E-state index >= 15 is 0 Å². The van der Waals surface area contributed by atoms with Crippen molar-refractivity contribution in [2.75, 3.05) is 5.32 Å². The van der Waals surface area contributed by atoms with Crippen molar-refractivity contribution in [2.24, 2.45) is 0 Å². The van der Waals surface area contributed by atoms with Gasteiger partial charge in [-0.25, -0.2) is 9.18 Å². The van der Waals surface area contributed by atoms with Gasteiger partial charge in [-0.1, -0.05) is 29.8 Å². The standard InChI is InChI=1S/C15H11ClFNO3/c1-8-4-2-7-11(12(8)15(20)21)18-14(19)9-5-3-6-10(17)13(9)16/h2-7H,1H3,(H,18,19)(H,20,21). The van der Waals surface area contributed by atoms with Crippen molar-refractivity contribution in [3.05, 3.63) is 63.9 Å². The minimum atomic E-state index is -1.16. The highest BCUT2D eigenvalue weighted by molar-refractivity contribution is 6.34. The van der Waals surface area contributed by atoms with Gasteiger partial charge in [0.05, 0.1) is 21.8 Å². The lowest BCUT2D eigenvalue weighted by atomic mass is 10.1. The van der Waals surface area contributed by atoms with Crippen molar-refractivity contribution in [3.8, 4) is 0 Å². The Morgan fingerprint density at radius 1 is 1.19 bits per heavy atom. The van der Waals surface area contributed by atoms with Crippen molar-refractivity contribution in [3.63, 3.8) is 0 Å². The van der Waals surface area contributed by atoms with Gasteiger partial charge in [-0.3, -0.25) is 4.79 Å². The van der Waals surface area contributed by atoms with Crippen LogP contribution in [0, 0.1) is 12.7 Å². The number of hydrogen-bond donors (Lipinski definition) is 2. The average molecular weight is 308 g/mol. The highest BCUT2D eigenvalue weighted by Gasteiger charge is 2.18. The first-order valence-electron chi connectivity index (χ1n) is 6.00. The number of halogens is 2. The van der Waals surface area contributed by atoms with Crippen LogP contribution in [0.15, 0.2) is 36.4 Å². The molecule has 0 unspecified atom stereocenters. The van der Waals surface area contributed by atoms with Crippen LogP contribution in [-0.2, 0) is 0 Å². The number of carbonyl (C=O) groups excluding carboxylic acids is 1. The molecule has 2 aromatic carbocycles. The van der Waals surface area contributed by atoms with Crippen LogP contribution in [0.1, 0.15) is 26.3 Å². The summed E-state index contributed by atoms with van der Waals surface area (Å²) in [5.41, 5.74) is 0.561. The number of anilines is 1. The van der Waals surface area contributed by atoms with Gasteiger partial charge in [0.15, 0.2) is 0 Å². The average Bonchev–Trinajstić information content (AvgIpc) is 2.41. The van der Waals surface area contributed by atoms with Crippen molar-refractivity contribution in [2.45, 2.75) is 6.92 Å². The first-order chi connectivity index (χ1) is 9.91. The number of carboxylic acid groups (broad SMARTS) is 1. The molecule has 2 rings (SSSR count). The summed E-state index contributed by atoms with van der Waals surface area (Å²) in [4.78, 5) is 23.4. The van der Waals surface area contributed by atoms with Crippen LogP contribution < -0.4 is 5.32 Å². The van der Waals surface area contributed by atoms with Gasteiger partial charge in [-0.2, -0.15) is 0 Å². The lowest BCUT2D eigenvalue weighted by molar-refractivity contribution is 0.0697. The van der Waals surface area contributed by atoms with Crippen molar-refractivity contribution in [1.29, 1.82) is 0 Å². The molecule has 108 valence electrons. The Bertz CT molecular complexity index is 731. The molecule has 0 aromatic heterocycles. The highest BCUT2D eigenvalue weighted by atomic mass is 35.5. The molecule has 4 nitrogen and oxygen atoms in total. The van der Waals surface area contributed by atoms with Gasteiger partial charge in [-0.05, 0) is 30.7 Å². The third-order valence-corrected chi connectivity index (χ3v) is 3.32. The summed E-state index contributed by atoms with van der Waals surface area (Å²) < 4.78 is 13.3. The van der Waals surface area contributed by atoms with E-state index < -0.39 is 17.7 Å². The van der Waals surface area contributed by atoms with E-state index in [1.807, 2.05) is 0 Å². The van der Waals surface area contributed by atoms with E-state index in [1.165, 1.54) is 18.2 Å². The van der Waals surface area contributed by atoms with Gasteiger partial charge >= 0.3 is 5.97 Å². The monoisotopic (exact) mass is 307 g/mol. The van der Waals surface area contributed by atoms with Gasteiger partial charge in [0.2, 0.25) is 0 Å². The van der Waals surface area contributed by atoms with Crippen molar-refractivity contribution in [1.82, 2.24) is 0 Å². The lowest BCUT2D eigenvalue weighted by Crippen LogP contribution is -2.16. The second-order valence-corrected chi connectivity index (χ2v) is 4.74. The molecule has 6 heteroatoms. The molecule has 0 saturated heterocycles. The molecule has 0 spiro atoms. The van der Waals surface area contributed by atoms with E-state index in [9.17, 15) is 19.1 Å². The molecule has 0 aliphatic heterocycles. The molecular weight excluding hydrogens is 297 g/mol. The van der Waals surface area contributed by atoms with Crippen LogP contribution >= 0.6 is 11.6 Å². The third kappa shape index (κ3) is 3.03. The summed E-state index contributed by atoms with van der Waals surface area (Å²) >= 11 is 5.74. The molecule has 0 radical (unpaired) electrons. The van der Waals surface area contributed by atoms with E-state index in [0.717, 1.165) is 6.07 Å². The molecule has 0 fully saturated rings. The molecule has 1 amide bonds. The Kier molecular flexibility index (Phi) is 4.23. The number of aryl methyl sites for hydroxylation is 1. The van der Waals surface area contributed by atoms with Gasteiger partial charge < -0.3 is 10.4 Å². The molecule has 0 aliphatic carbocycles. The second-order valence-electron chi connectivity index (χ2n) is 4.36. The Labute approximate surface area is 125 Å². The van der Waals surface area contributed by atoms with Crippen LogP contribution in [0.5, 0.6) is 0 Å². The van der Waals surface area contributed by atoms with Crippen molar-refractivity contribution < 1.29 is 19.1 Å². The number of amides is 1. The summed E-state index contributed by atoms with van der Waals surface area (Å²) in [6.45, 7) is 1.62. The number of carboxylic acids is 1. The predicted octanol–water partition coefficient (Wildman–Crippen LogP) is 3.74. The van der Waals surface area contributed by atoms with Crippen LogP contribution in [0.2, 0.25) is 5.02 Å². The fourth-order valence-electron chi connectivity index (χ4n) is 1.92. The molecule has 0 saturated carbocycles. The number of aromatic carboxylic acids is 1. The minimum Gasteiger partial charge on any atom is -0.478 e. The van der Waals surface area contributed by atoms with E-state index in [1.54, 1.807) is 19.1 Å². The van der Waals surface area contributed by atoms with E-state index in [2.05, 4.69) is 5.32 Å². The first-order valence-corrected chi connectivity index (χ1v) is 6.38. The Balaban J connectivity index is 2.39. The minimum absolute atomic E-state index is 0.0154. The Morgan fingerprint density at radius 3 is 2.52 bits per heavy atom. The van der Waals surface area contributed by atoms with Gasteiger partial charge in [0, 0.05) is 0 Å². The Hall–Kier alpha value is -2.40. The molecule has 0 heterocycles. The molecule has 0 aliphatic rings. The maximum Gasteiger partial charge on any atom is 0.338 e. The number of hydrogen-bond acceptors (Lipinski definition) is 2. The van der Waals surface area contributed by atoms with Crippen LogP contribution in [0.25, 0.3) is 0 Å². The summed E-state index contributed by atoms with van der Waals surface area (Å²) in [6.07, 6.45) is 0. The topological polar surface area (TPSA) is 66.4 Å². The van der Waals surface area contributed by atoms with Gasteiger partial charge in [0.1, 0.15) is 5.82 Å². The molecule has 0 bridgehead atoms. The zero-order valence-electron chi connectivity index (χ0n) is 11.0. The molecule has 2 aromatic rings. The predicted molar refractivity (Wildman–Crippen MR) is 77.5 cm³/mol. The summed E-state index contributed by atoms with van der Waals surface area (Å²) in [5, 5.41) is 11.3. The van der Waals surface area contributed by atoms with Crippen LogP contribution in [0.4, 0.5) is 10.1 Å². The number of rotatable bonds is 3. The van der Waals surface area contributed by atoms with Gasteiger partial charge in [-0.15, -0.1) is 0 Å². The number of carbonyl (C=O) groups is 2. The van der Waals surface area contributed by atoms with Crippen LogP contribution in [0.3, 0.4) is 0 Å². The molecule has 0 atom stereocenters. The zero-order valence-corrected chi connectivity index (χ0v) is 11.7. The second kappa shape index (κ2) is 5.93.